The Morgan fingerprint density at radius 2 is 1.60 bits per heavy atom. The molecular weight excluding hydrogens is 272 g/mol. The van der Waals surface area contributed by atoms with Crippen molar-refractivity contribution in [3.63, 3.8) is 0 Å². The third-order valence-electron chi connectivity index (χ3n) is 3.02. The van der Waals surface area contributed by atoms with Gasteiger partial charge < -0.3 is 35.4 Å². The van der Waals surface area contributed by atoms with E-state index in [1.54, 1.807) is 0 Å². The molecular formula is C12H18O8. The Balaban J connectivity index is 2.90. The molecule has 1 saturated carbocycles. The van der Waals surface area contributed by atoms with Crippen LogP contribution in [0.3, 0.4) is 0 Å². The number of aliphatic hydroxyl groups excluding tert-OH is 5. The van der Waals surface area contributed by atoms with Crippen LogP contribution in [0.5, 0.6) is 0 Å². The van der Waals surface area contributed by atoms with E-state index in [1.165, 1.54) is 0 Å². The van der Waals surface area contributed by atoms with Crippen LogP contribution in [-0.2, 0) is 9.53 Å². The Hall–Kier alpha value is -1.21. The van der Waals surface area contributed by atoms with Gasteiger partial charge in [-0.1, -0.05) is 12.8 Å². The second-order valence-electron chi connectivity index (χ2n) is 4.55. The van der Waals surface area contributed by atoms with Crippen molar-refractivity contribution in [1.29, 1.82) is 0 Å². The quantitative estimate of drug-likeness (QED) is 0.135. The number of ether oxygens (including phenoxy) is 1. The summed E-state index contributed by atoms with van der Waals surface area (Å²) >= 11 is 0. The predicted octanol–water partition coefficient (Wildman–Crippen LogP) is -3.16. The summed E-state index contributed by atoms with van der Waals surface area (Å²) < 4.78 is 4.45. The van der Waals surface area contributed by atoms with Crippen LogP contribution < -0.4 is 0 Å². The highest BCUT2D eigenvalue weighted by molar-refractivity contribution is 5.88. The average Bonchev–Trinajstić information content (AvgIpc) is 2.42. The van der Waals surface area contributed by atoms with Crippen LogP contribution in [0.2, 0.25) is 0 Å². The molecule has 20 heavy (non-hydrogen) atoms. The van der Waals surface area contributed by atoms with Gasteiger partial charge in [0.2, 0.25) is 0 Å². The van der Waals surface area contributed by atoms with E-state index in [0.29, 0.717) is 12.8 Å². The van der Waals surface area contributed by atoms with Gasteiger partial charge in [0.05, 0.1) is 0 Å². The fourth-order valence-electron chi connectivity index (χ4n) is 1.79. The molecule has 114 valence electrons. The van der Waals surface area contributed by atoms with Crippen LogP contribution in [0.25, 0.3) is 0 Å². The summed E-state index contributed by atoms with van der Waals surface area (Å²) in [7, 11) is 0. The molecule has 0 saturated heterocycles. The number of unbranched alkanes of at least 4 members (excludes halogenated alkanes) is 1. The highest BCUT2D eigenvalue weighted by Gasteiger charge is 2.60. The number of carbonyl (C=O) groups excluding carboxylic acids is 1. The summed E-state index contributed by atoms with van der Waals surface area (Å²) in [4.78, 5) is 11.4. The Morgan fingerprint density at radius 1 is 1.10 bits per heavy atom. The first-order valence-corrected chi connectivity index (χ1v) is 6.10. The molecule has 0 bridgehead atoms. The second kappa shape index (κ2) is 6.49. The fourth-order valence-corrected chi connectivity index (χ4v) is 1.79. The predicted molar refractivity (Wildman–Crippen MR) is 63.8 cm³/mol. The molecule has 0 amide bonds. The minimum atomic E-state index is -2.96. The largest absolute Gasteiger partial charge is 0.418 e. The van der Waals surface area contributed by atoms with Crippen molar-refractivity contribution in [3.8, 4) is 11.8 Å². The molecule has 0 aromatic heterocycles. The van der Waals surface area contributed by atoms with Crippen LogP contribution in [-0.4, -0.2) is 72.9 Å². The minimum absolute atomic E-state index is 0.405. The average molecular weight is 290 g/mol. The van der Waals surface area contributed by atoms with Crippen molar-refractivity contribution in [1.82, 2.24) is 0 Å². The Labute approximate surface area is 115 Å². The lowest BCUT2D eigenvalue weighted by atomic mass is 9.82. The number of hydrogen-bond acceptors (Lipinski definition) is 8. The van der Waals surface area contributed by atoms with Crippen LogP contribution in [0.15, 0.2) is 0 Å². The topological polar surface area (TPSA) is 148 Å². The van der Waals surface area contributed by atoms with E-state index in [-0.39, 0.29) is 0 Å². The van der Waals surface area contributed by atoms with Crippen molar-refractivity contribution < 1.29 is 40.2 Å². The Bertz CT molecular complexity index is 395. The summed E-state index contributed by atoms with van der Waals surface area (Å²) in [6.07, 6.45) is -9.21. The first-order valence-electron chi connectivity index (χ1n) is 6.10. The molecule has 6 atom stereocenters. The molecule has 0 aromatic carbocycles. The molecule has 1 fully saturated rings. The lowest BCUT2D eigenvalue weighted by Crippen LogP contribution is -2.72. The van der Waals surface area contributed by atoms with Gasteiger partial charge in [0.25, 0.3) is 5.79 Å². The van der Waals surface area contributed by atoms with Crippen LogP contribution >= 0.6 is 0 Å². The van der Waals surface area contributed by atoms with Gasteiger partial charge in [0.15, 0.2) is 12.2 Å². The third-order valence-corrected chi connectivity index (χ3v) is 3.02. The van der Waals surface area contributed by atoms with Crippen molar-refractivity contribution in [2.45, 2.75) is 56.1 Å². The minimum Gasteiger partial charge on any atom is -0.418 e. The number of aliphatic hydroxyl groups is 6. The molecule has 6 N–H and O–H groups in total. The van der Waals surface area contributed by atoms with Gasteiger partial charge in [-0.25, -0.2) is 4.79 Å². The highest BCUT2D eigenvalue weighted by atomic mass is 16.7. The van der Waals surface area contributed by atoms with E-state index in [0.717, 1.165) is 0 Å². The molecule has 0 heterocycles. The number of carbonyl (C=O) groups is 1. The molecule has 8 heteroatoms. The molecule has 1 aliphatic carbocycles. The Kier molecular flexibility index (Phi) is 5.47. The maximum Gasteiger partial charge on any atom is 0.387 e. The van der Waals surface area contributed by atoms with Crippen LogP contribution in [0.4, 0.5) is 0 Å². The summed E-state index contributed by atoms with van der Waals surface area (Å²) in [5.74, 6) is 0.245. The maximum atomic E-state index is 11.4. The molecule has 0 radical (unpaired) electrons. The van der Waals surface area contributed by atoms with Crippen molar-refractivity contribution >= 4 is 5.97 Å². The molecule has 0 aromatic rings. The van der Waals surface area contributed by atoms with E-state index >= 15 is 0 Å². The molecule has 0 spiro atoms. The smallest absolute Gasteiger partial charge is 0.387 e. The molecule has 8 nitrogen and oxygen atoms in total. The van der Waals surface area contributed by atoms with Gasteiger partial charge in [-0.3, -0.25) is 0 Å². The Morgan fingerprint density at radius 3 is 2.05 bits per heavy atom. The summed E-state index contributed by atoms with van der Waals surface area (Å²) in [5.41, 5.74) is 0. The molecule has 2 unspecified atom stereocenters. The monoisotopic (exact) mass is 290 g/mol. The van der Waals surface area contributed by atoms with Gasteiger partial charge in [0, 0.05) is 12.3 Å². The number of hydrogen-bond donors (Lipinski definition) is 6. The van der Waals surface area contributed by atoms with E-state index < -0.39 is 42.3 Å². The highest BCUT2D eigenvalue weighted by Crippen LogP contribution is 2.31. The zero-order chi connectivity index (χ0) is 15.5. The summed E-state index contributed by atoms with van der Waals surface area (Å²) in [6.45, 7) is 1.83. The zero-order valence-electron chi connectivity index (χ0n) is 10.8. The number of esters is 1. The lowest BCUT2D eigenvalue weighted by molar-refractivity contribution is -0.346. The first kappa shape index (κ1) is 16.8. The molecule has 1 rings (SSSR count). The van der Waals surface area contributed by atoms with Gasteiger partial charge in [0.1, 0.15) is 18.3 Å². The fraction of sp³-hybridized carbons (Fsp3) is 0.750. The van der Waals surface area contributed by atoms with Gasteiger partial charge >= 0.3 is 5.97 Å². The van der Waals surface area contributed by atoms with Gasteiger partial charge in [-0.15, -0.1) is 0 Å². The molecule has 0 aliphatic heterocycles. The van der Waals surface area contributed by atoms with E-state index in [1.807, 2.05) is 12.8 Å². The normalized spacial score (nSPS) is 40.6. The van der Waals surface area contributed by atoms with Crippen molar-refractivity contribution in [2.24, 2.45) is 0 Å². The van der Waals surface area contributed by atoms with E-state index in [9.17, 15) is 35.4 Å². The van der Waals surface area contributed by atoms with Gasteiger partial charge in [-0.05, 0) is 6.42 Å². The summed E-state index contributed by atoms with van der Waals surface area (Å²) in [5, 5.41) is 57.4. The van der Waals surface area contributed by atoms with Crippen molar-refractivity contribution in [3.05, 3.63) is 0 Å². The van der Waals surface area contributed by atoms with Crippen LogP contribution in [0.1, 0.15) is 19.8 Å². The lowest BCUT2D eigenvalue weighted by Gasteiger charge is -2.45. The standard InChI is InChI=1S/C12H18O8/c1-2-3-4-5-6(13)20-12(19)10(17)8(15)7(14)9(16)11(12)18/h7-11,14-19H,2-3H2,1H3/t7?,8-,9+,10-,11-,12?/m1/s1. The SMILES string of the molecule is CCCC#CC(=O)OC1(O)[C@H](O)[C@H](O)C(O)[C@H](O)[C@H]1O. The van der Waals surface area contributed by atoms with Crippen molar-refractivity contribution in [2.75, 3.05) is 0 Å². The number of rotatable bonds is 2. The van der Waals surface area contributed by atoms with E-state index in [2.05, 4.69) is 10.7 Å². The third kappa shape index (κ3) is 3.09. The second-order valence-corrected chi connectivity index (χ2v) is 4.55. The van der Waals surface area contributed by atoms with Gasteiger partial charge in [-0.2, -0.15) is 0 Å². The summed E-state index contributed by atoms with van der Waals surface area (Å²) in [6, 6.07) is 0. The van der Waals surface area contributed by atoms with Crippen LogP contribution in [0, 0.1) is 11.8 Å². The first-order chi connectivity index (χ1) is 9.25. The van der Waals surface area contributed by atoms with E-state index in [4.69, 9.17) is 0 Å². The maximum absolute atomic E-state index is 11.4. The zero-order valence-corrected chi connectivity index (χ0v) is 10.8. The molecule has 1 aliphatic rings.